The molecule has 0 aromatic carbocycles. The quantitative estimate of drug-likeness (QED) is 0.578. The number of primary amides is 1. The number of likely N-dealkylation sites (tertiary alicyclic amines) is 2. The Morgan fingerprint density at radius 3 is 2.23 bits per heavy atom. The van der Waals surface area contributed by atoms with Crippen molar-refractivity contribution in [1.82, 2.24) is 9.80 Å². The molecule has 2 saturated heterocycles. The van der Waals surface area contributed by atoms with Crippen LogP contribution in [0.2, 0.25) is 0 Å². The van der Waals surface area contributed by atoms with E-state index in [4.69, 9.17) is 5.73 Å². The van der Waals surface area contributed by atoms with Gasteiger partial charge in [-0.1, -0.05) is 0 Å². The molecule has 1 spiro atoms. The summed E-state index contributed by atoms with van der Waals surface area (Å²) in [6.45, 7) is 4.09. The lowest BCUT2D eigenvalue weighted by Gasteiger charge is -2.52. The van der Waals surface area contributed by atoms with Crippen LogP contribution in [0.25, 0.3) is 0 Å². The van der Waals surface area contributed by atoms with E-state index in [9.17, 15) is 4.79 Å². The van der Waals surface area contributed by atoms with E-state index in [1.165, 1.54) is 13.1 Å². The fourth-order valence-corrected chi connectivity index (χ4v) is 2.62. The highest BCUT2D eigenvalue weighted by molar-refractivity contribution is 5.72. The average Bonchev–Trinajstić information content (AvgIpc) is 2.03. The topological polar surface area (TPSA) is 49.6 Å². The van der Waals surface area contributed by atoms with Crippen LogP contribution >= 0.6 is 0 Å². The van der Waals surface area contributed by atoms with E-state index in [0.717, 1.165) is 25.9 Å². The zero-order valence-corrected chi connectivity index (χ0v) is 8.12. The molecular weight excluding hydrogens is 166 g/mol. The molecule has 2 aliphatic rings. The second kappa shape index (κ2) is 2.87. The normalized spacial score (nSPS) is 27.3. The number of carbonyl (C=O) groups excluding carboxylic acids is 1. The maximum atomic E-state index is 10.9. The predicted molar refractivity (Wildman–Crippen MR) is 50.3 cm³/mol. The van der Waals surface area contributed by atoms with Crippen LogP contribution < -0.4 is 5.73 Å². The summed E-state index contributed by atoms with van der Waals surface area (Å²) in [5.74, 6) is 0. The molecule has 2 fully saturated rings. The van der Waals surface area contributed by atoms with Gasteiger partial charge in [0.15, 0.2) is 0 Å². The van der Waals surface area contributed by atoms with Crippen LogP contribution in [0.5, 0.6) is 0 Å². The molecule has 2 amide bonds. The summed E-state index contributed by atoms with van der Waals surface area (Å²) in [4.78, 5) is 15.0. The summed E-state index contributed by atoms with van der Waals surface area (Å²) in [6.07, 6.45) is 2.25. The van der Waals surface area contributed by atoms with Crippen molar-refractivity contribution in [2.45, 2.75) is 12.8 Å². The SMILES string of the molecule is CN1CC2(CCN(C(N)=O)CC2)C1. The first kappa shape index (κ1) is 8.81. The maximum Gasteiger partial charge on any atom is 0.314 e. The minimum Gasteiger partial charge on any atom is -0.351 e. The van der Waals surface area contributed by atoms with E-state index in [1.54, 1.807) is 4.90 Å². The van der Waals surface area contributed by atoms with Crippen LogP contribution in [0, 0.1) is 5.41 Å². The van der Waals surface area contributed by atoms with Gasteiger partial charge >= 0.3 is 6.03 Å². The molecule has 0 atom stereocenters. The highest BCUT2D eigenvalue weighted by Gasteiger charge is 2.43. The Bertz CT molecular complexity index is 213. The smallest absolute Gasteiger partial charge is 0.314 e. The maximum absolute atomic E-state index is 10.9. The number of urea groups is 1. The van der Waals surface area contributed by atoms with Crippen molar-refractivity contribution in [2.75, 3.05) is 33.2 Å². The second-order valence-corrected chi connectivity index (χ2v) is 4.50. The van der Waals surface area contributed by atoms with E-state index in [1.807, 2.05) is 0 Å². The number of piperidine rings is 1. The van der Waals surface area contributed by atoms with Crippen LogP contribution in [0.3, 0.4) is 0 Å². The van der Waals surface area contributed by atoms with Gasteiger partial charge in [0.25, 0.3) is 0 Å². The Kier molecular flexibility index (Phi) is 1.95. The molecule has 4 nitrogen and oxygen atoms in total. The van der Waals surface area contributed by atoms with Crippen molar-refractivity contribution < 1.29 is 4.79 Å². The van der Waals surface area contributed by atoms with Gasteiger partial charge in [-0.2, -0.15) is 0 Å². The van der Waals surface area contributed by atoms with Gasteiger partial charge in [-0.15, -0.1) is 0 Å². The third kappa shape index (κ3) is 1.50. The van der Waals surface area contributed by atoms with Gasteiger partial charge in [0.2, 0.25) is 0 Å². The van der Waals surface area contributed by atoms with Gasteiger partial charge in [-0.05, 0) is 25.3 Å². The van der Waals surface area contributed by atoms with E-state index >= 15 is 0 Å². The van der Waals surface area contributed by atoms with E-state index in [2.05, 4.69) is 11.9 Å². The van der Waals surface area contributed by atoms with Crippen LogP contribution in [0.4, 0.5) is 4.79 Å². The van der Waals surface area contributed by atoms with Crippen LogP contribution in [0.1, 0.15) is 12.8 Å². The van der Waals surface area contributed by atoms with Crippen molar-refractivity contribution in [3.8, 4) is 0 Å². The van der Waals surface area contributed by atoms with Crippen molar-refractivity contribution in [2.24, 2.45) is 11.1 Å². The summed E-state index contributed by atoms with van der Waals surface area (Å²) >= 11 is 0. The molecule has 13 heavy (non-hydrogen) atoms. The van der Waals surface area contributed by atoms with Crippen LogP contribution in [-0.4, -0.2) is 49.1 Å². The van der Waals surface area contributed by atoms with Gasteiger partial charge in [0.1, 0.15) is 0 Å². The minimum absolute atomic E-state index is 0.262. The van der Waals surface area contributed by atoms with Gasteiger partial charge in [-0.3, -0.25) is 0 Å². The summed E-state index contributed by atoms with van der Waals surface area (Å²) in [6, 6.07) is -0.262. The highest BCUT2D eigenvalue weighted by Crippen LogP contribution is 2.39. The molecule has 0 aliphatic carbocycles. The summed E-state index contributed by atoms with van der Waals surface area (Å²) in [5.41, 5.74) is 5.73. The number of amides is 2. The molecule has 2 rings (SSSR count). The molecule has 0 radical (unpaired) electrons. The lowest BCUT2D eigenvalue weighted by molar-refractivity contribution is -0.0226. The van der Waals surface area contributed by atoms with Crippen molar-refractivity contribution in [3.63, 3.8) is 0 Å². The lowest BCUT2D eigenvalue weighted by atomic mass is 9.72. The summed E-state index contributed by atoms with van der Waals surface area (Å²) in [5, 5.41) is 0. The first-order valence-electron chi connectivity index (χ1n) is 4.84. The van der Waals surface area contributed by atoms with Gasteiger partial charge in [0.05, 0.1) is 0 Å². The number of carbonyl (C=O) groups is 1. The molecule has 0 bridgehead atoms. The molecule has 0 aromatic heterocycles. The van der Waals surface area contributed by atoms with Gasteiger partial charge in [0, 0.05) is 26.2 Å². The fraction of sp³-hybridized carbons (Fsp3) is 0.889. The van der Waals surface area contributed by atoms with Crippen LogP contribution in [0.15, 0.2) is 0 Å². The largest absolute Gasteiger partial charge is 0.351 e. The number of nitrogens with two attached hydrogens (primary N) is 1. The highest BCUT2D eigenvalue weighted by atomic mass is 16.2. The first-order chi connectivity index (χ1) is 6.11. The first-order valence-corrected chi connectivity index (χ1v) is 4.84. The third-order valence-electron chi connectivity index (χ3n) is 3.35. The minimum atomic E-state index is -0.262. The number of hydrogen-bond donors (Lipinski definition) is 1. The Morgan fingerprint density at radius 2 is 1.85 bits per heavy atom. The van der Waals surface area contributed by atoms with E-state index < -0.39 is 0 Å². The molecule has 0 unspecified atom stereocenters. The third-order valence-corrected chi connectivity index (χ3v) is 3.35. The Balaban J connectivity index is 1.86. The van der Waals surface area contributed by atoms with E-state index in [-0.39, 0.29) is 6.03 Å². The standard InChI is InChI=1S/C9H17N3O/c1-11-6-9(7-11)2-4-12(5-3-9)8(10)13/h2-7H2,1H3,(H2,10,13). The molecule has 2 N–H and O–H groups in total. The van der Waals surface area contributed by atoms with Crippen LogP contribution in [-0.2, 0) is 0 Å². The molecule has 4 heteroatoms. The zero-order valence-electron chi connectivity index (χ0n) is 8.12. The Labute approximate surface area is 78.7 Å². The lowest BCUT2D eigenvalue weighted by Crippen LogP contribution is -2.59. The monoisotopic (exact) mass is 183 g/mol. The fourth-order valence-electron chi connectivity index (χ4n) is 2.62. The molecule has 2 heterocycles. The number of nitrogens with zero attached hydrogens (tertiary/aromatic N) is 2. The summed E-state index contributed by atoms with van der Waals surface area (Å²) < 4.78 is 0. The molecule has 74 valence electrons. The second-order valence-electron chi connectivity index (χ2n) is 4.50. The predicted octanol–water partition coefficient (Wildman–Crippen LogP) is 0.0927. The molecule has 0 saturated carbocycles. The molecular formula is C9H17N3O. The van der Waals surface area contributed by atoms with Crippen molar-refractivity contribution in [1.29, 1.82) is 0 Å². The van der Waals surface area contributed by atoms with Gasteiger partial charge < -0.3 is 15.5 Å². The Morgan fingerprint density at radius 1 is 1.31 bits per heavy atom. The average molecular weight is 183 g/mol. The van der Waals surface area contributed by atoms with Crippen molar-refractivity contribution >= 4 is 6.03 Å². The van der Waals surface area contributed by atoms with E-state index in [0.29, 0.717) is 5.41 Å². The number of hydrogen-bond acceptors (Lipinski definition) is 2. The molecule has 2 aliphatic heterocycles. The summed E-state index contributed by atoms with van der Waals surface area (Å²) in [7, 11) is 2.14. The Hall–Kier alpha value is -0.770. The zero-order chi connectivity index (χ0) is 9.47. The van der Waals surface area contributed by atoms with Crippen molar-refractivity contribution in [3.05, 3.63) is 0 Å². The number of rotatable bonds is 0. The van der Waals surface area contributed by atoms with Gasteiger partial charge in [-0.25, -0.2) is 4.79 Å². The molecule has 0 aromatic rings.